The van der Waals surface area contributed by atoms with Crippen molar-refractivity contribution >= 4 is 5.70 Å². The maximum atomic E-state index is 5.07. The number of hydrogen-bond donors (Lipinski definition) is 1. The Bertz CT molecular complexity index is 365. The van der Waals surface area contributed by atoms with E-state index in [4.69, 9.17) is 9.57 Å². The van der Waals surface area contributed by atoms with Crippen LogP contribution in [0, 0.1) is 0 Å². The van der Waals surface area contributed by atoms with Gasteiger partial charge in [-0.3, -0.25) is 0 Å². The number of hydroxylamine groups is 1. The molecule has 0 unspecified atom stereocenters. The third kappa shape index (κ3) is 1.71. The summed E-state index contributed by atoms with van der Waals surface area (Å²) in [7, 11) is 1.65. The van der Waals surface area contributed by atoms with Gasteiger partial charge >= 0.3 is 0 Å². The van der Waals surface area contributed by atoms with Crippen molar-refractivity contribution in [2.75, 3.05) is 7.11 Å². The molecule has 72 valence electrons. The van der Waals surface area contributed by atoms with Gasteiger partial charge in [-0.25, -0.2) is 5.48 Å². The van der Waals surface area contributed by atoms with E-state index in [1.807, 2.05) is 36.4 Å². The molecular weight excluding hydrogens is 178 g/mol. The molecule has 0 bridgehead atoms. The van der Waals surface area contributed by atoms with Gasteiger partial charge in [0.1, 0.15) is 12.0 Å². The van der Waals surface area contributed by atoms with Crippen molar-refractivity contribution < 1.29 is 9.57 Å². The number of nitrogens with one attached hydrogen (secondary N) is 1. The molecule has 14 heavy (non-hydrogen) atoms. The molecule has 1 N–H and O–H groups in total. The van der Waals surface area contributed by atoms with Gasteiger partial charge in [-0.1, -0.05) is 0 Å². The first kappa shape index (κ1) is 8.69. The molecule has 1 aliphatic rings. The smallest absolute Gasteiger partial charge is 0.119 e. The number of methoxy groups -OCH3 is 1. The molecule has 3 nitrogen and oxygen atoms in total. The minimum absolute atomic E-state index is 0.849. The van der Waals surface area contributed by atoms with Gasteiger partial charge in [-0.15, -0.1) is 0 Å². The average molecular weight is 189 g/mol. The standard InChI is InChI=1S/C11H11NO2/c1-13-10-6-4-9(5-7-10)11-3-2-8-14-12-11/h2-8,12H,1H3. The molecule has 1 aliphatic heterocycles. The fourth-order valence-electron chi connectivity index (χ4n) is 1.23. The van der Waals surface area contributed by atoms with Crippen molar-refractivity contribution in [3.8, 4) is 5.75 Å². The van der Waals surface area contributed by atoms with Crippen LogP contribution in [-0.4, -0.2) is 7.11 Å². The minimum Gasteiger partial charge on any atom is -0.497 e. The molecule has 0 atom stereocenters. The van der Waals surface area contributed by atoms with Gasteiger partial charge in [0.15, 0.2) is 0 Å². The number of hydrogen-bond acceptors (Lipinski definition) is 3. The third-order valence-corrected chi connectivity index (χ3v) is 1.98. The van der Waals surface area contributed by atoms with Crippen LogP contribution in [0.25, 0.3) is 5.70 Å². The van der Waals surface area contributed by atoms with Crippen LogP contribution in [0.15, 0.2) is 42.7 Å². The van der Waals surface area contributed by atoms with Gasteiger partial charge in [-0.05, 0) is 36.4 Å². The van der Waals surface area contributed by atoms with Crippen LogP contribution in [0.3, 0.4) is 0 Å². The number of allylic oxidation sites excluding steroid dienone is 2. The van der Waals surface area contributed by atoms with Crippen LogP contribution in [-0.2, 0) is 4.84 Å². The molecule has 0 amide bonds. The molecule has 2 rings (SSSR count). The van der Waals surface area contributed by atoms with Crippen molar-refractivity contribution in [3.63, 3.8) is 0 Å². The Hall–Kier alpha value is -1.90. The second-order valence-corrected chi connectivity index (χ2v) is 2.86. The Morgan fingerprint density at radius 2 is 2.00 bits per heavy atom. The second kappa shape index (κ2) is 3.87. The fourth-order valence-corrected chi connectivity index (χ4v) is 1.23. The van der Waals surface area contributed by atoms with Crippen molar-refractivity contribution in [1.29, 1.82) is 0 Å². The van der Waals surface area contributed by atoms with Gasteiger partial charge in [-0.2, -0.15) is 0 Å². The highest BCUT2D eigenvalue weighted by Gasteiger charge is 2.02. The highest BCUT2D eigenvalue weighted by Crippen LogP contribution is 2.17. The highest BCUT2D eigenvalue weighted by atomic mass is 16.6. The number of ether oxygens (including phenoxy) is 1. The van der Waals surface area contributed by atoms with Crippen LogP contribution in [0.2, 0.25) is 0 Å². The molecule has 1 aromatic carbocycles. The Labute approximate surface area is 82.6 Å². The molecule has 0 spiro atoms. The van der Waals surface area contributed by atoms with Gasteiger partial charge in [0, 0.05) is 5.56 Å². The Morgan fingerprint density at radius 3 is 2.57 bits per heavy atom. The van der Waals surface area contributed by atoms with Gasteiger partial charge in [0.2, 0.25) is 0 Å². The Balaban J connectivity index is 2.24. The van der Waals surface area contributed by atoms with E-state index in [9.17, 15) is 0 Å². The molecule has 1 heterocycles. The van der Waals surface area contributed by atoms with Crippen LogP contribution >= 0.6 is 0 Å². The van der Waals surface area contributed by atoms with Crippen LogP contribution in [0.5, 0.6) is 5.75 Å². The normalized spacial score (nSPS) is 13.9. The summed E-state index contributed by atoms with van der Waals surface area (Å²) < 4.78 is 5.07. The predicted molar refractivity (Wildman–Crippen MR) is 54.3 cm³/mol. The van der Waals surface area contributed by atoms with E-state index in [2.05, 4.69) is 5.48 Å². The van der Waals surface area contributed by atoms with E-state index in [1.165, 1.54) is 0 Å². The summed E-state index contributed by atoms with van der Waals surface area (Å²) in [5.41, 5.74) is 4.81. The molecule has 0 saturated heterocycles. The first-order chi connectivity index (χ1) is 6.90. The van der Waals surface area contributed by atoms with E-state index >= 15 is 0 Å². The lowest BCUT2D eigenvalue weighted by Gasteiger charge is -2.12. The van der Waals surface area contributed by atoms with Gasteiger partial charge in [0.05, 0.1) is 12.8 Å². The van der Waals surface area contributed by atoms with E-state index < -0.39 is 0 Å². The molecule has 0 fully saturated rings. The topological polar surface area (TPSA) is 30.5 Å². The maximum absolute atomic E-state index is 5.07. The summed E-state index contributed by atoms with van der Waals surface area (Å²) in [5, 5.41) is 0. The lowest BCUT2D eigenvalue weighted by atomic mass is 10.1. The summed E-state index contributed by atoms with van der Waals surface area (Å²) in [4.78, 5) is 4.96. The molecule has 3 heteroatoms. The zero-order valence-corrected chi connectivity index (χ0v) is 7.86. The molecule has 0 radical (unpaired) electrons. The van der Waals surface area contributed by atoms with Crippen LogP contribution in [0.1, 0.15) is 5.56 Å². The van der Waals surface area contributed by atoms with Crippen LogP contribution < -0.4 is 10.2 Å². The quantitative estimate of drug-likeness (QED) is 0.772. The second-order valence-electron chi connectivity index (χ2n) is 2.86. The molecule has 0 aromatic heterocycles. The number of rotatable bonds is 2. The Kier molecular flexibility index (Phi) is 2.40. The highest BCUT2D eigenvalue weighted by molar-refractivity contribution is 5.65. The van der Waals surface area contributed by atoms with Crippen molar-refractivity contribution in [3.05, 3.63) is 48.2 Å². The lowest BCUT2D eigenvalue weighted by Crippen LogP contribution is -2.11. The molecule has 1 aromatic rings. The first-order valence-electron chi connectivity index (χ1n) is 4.33. The zero-order chi connectivity index (χ0) is 9.80. The van der Waals surface area contributed by atoms with Gasteiger partial charge in [0.25, 0.3) is 0 Å². The minimum atomic E-state index is 0.849. The predicted octanol–water partition coefficient (Wildman–Crippen LogP) is 2.08. The summed E-state index contributed by atoms with van der Waals surface area (Å²) in [6, 6.07) is 7.77. The van der Waals surface area contributed by atoms with E-state index in [0.29, 0.717) is 0 Å². The number of benzene rings is 1. The average Bonchev–Trinajstić information content (AvgIpc) is 2.30. The summed E-state index contributed by atoms with van der Waals surface area (Å²) >= 11 is 0. The van der Waals surface area contributed by atoms with Crippen molar-refractivity contribution in [2.24, 2.45) is 0 Å². The first-order valence-corrected chi connectivity index (χ1v) is 4.33. The molecule has 0 aliphatic carbocycles. The van der Waals surface area contributed by atoms with Crippen molar-refractivity contribution in [2.45, 2.75) is 0 Å². The molecular formula is C11H11NO2. The maximum Gasteiger partial charge on any atom is 0.119 e. The Morgan fingerprint density at radius 1 is 1.21 bits per heavy atom. The van der Waals surface area contributed by atoms with Crippen molar-refractivity contribution in [1.82, 2.24) is 5.48 Å². The largest absolute Gasteiger partial charge is 0.497 e. The third-order valence-electron chi connectivity index (χ3n) is 1.98. The van der Waals surface area contributed by atoms with E-state index in [-0.39, 0.29) is 0 Å². The van der Waals surface area contributed by atoms with Gasteiger partial charge < -0.3 is 9.57 Å². The van der Waals surface area contributed by atoms with E-state index in [0.717, 1.165) is 17.0 Å². The summed E-state index contributed by atoms with van der Waals surface area (Å²) in [6.45, 7) is 0. The van der Waals surface area contributed by atoms with E-state index in [1.54, 1.807) is 13.4 Å². The molecule has 0 saturated carbocycles. The zero-order valence-electron chi connectivity index (χ0n) is 7.86. The summed E-state index contributed by atoms with van der Waals surface area (Å²) in [6.07, 6.45) is 5.38. The lowest BCUT2D eigenvalue weighted by molar-refractivity contribution is 0.181. The fraction of sp³-hybridized carbons (Fsp3) is 0.0909. The monoisotopic (exact) mass is 189 g/mol. The van der Waals surface area contributed by atoms with Crippen LogP contribution in [0.4, 0.5) is 0 Å². The SMILES string of the molecule is COc1ccc(C2=CC=CON2)cc1. The summed E-state index contributed by atoms with van der Waals surface area (Å²) in [5.74, 6) is 0.849.